The first-order valence-corrected chi connectivity index (χ1v) is 6.13. The van der Waals surface area contributed by atoms with Crippen LogP contribution in [0.25, 0.3) is 0 Å². The Balaban J connectivity index is 1.44. The molecule has 0 aromatic carbocycles. The molecule has 2 rings (SSSR count). The van der Waals surface area contributed by atoms with Crippen molar-refractivity contribution in [1.29, 1.82) is 0 Å². The lowest BCUT2D eigenvalue weighted by Gasteiger charge is -2.00. The van der Waals surface area contributed by atoms with Gasteiger partial charge < -0.3 is 19.5 Å². The lowest BCUT2D eigenvalue weighted by atomic mass is 10.3. The van der Waals surface area contributed by atoms with Gasteiger partial charge in [0, 0.05) is 6.42 Å². The predicted molar refractivity (Wildman–Crippen MR) is 63.0 cm³/mol. The van der Waals surface area contributed by atoms with E-state index in [1.165, 1.54) is 6.42 Å². The molecule has 2 heterocycles. The first-order valence-electron chi connectivity index (χ1n) is 6.13. The second-order valence-electron chi connectivity index (χ2n) is 4.08. The van der Waals surface area contributed by atoms with E-state index in [0.29, 0.717) is 0 Å². The standard InChI is InChI=1S/C13H18N2O2/c1-4-12(16-8-1)10-14-6-3-7-15-11-13-5-2-9-17-13/h1-2,4-5,8-9,14-15H,3,6-7,10-11H2/p+2. The first-order chi connectivity index (χ1) is 8.45. The van der Waals surface area contributed by atoms with E-state index >= 15 is 0 Å². The SMILES string of the molecule is c1coc(C[NH2+]CCC[NH2+]Cc2ccco2)c1. The summed E-state index contributed by atoms with van der Waals surface area (Å²) in [7, 11) is 0. The van der Waals surface area contributed by atoms with Gasteiger partial charge in [0.1, 0.15) is 13.1 Å². The largest absolute Gasteiger partial charge is 0.463 e. The third kappa shape index (κ3) is 4.46. The molecule has 0 saturated heterocycles. The molecule has 0 bridgehead atoms. The van der Waals surface area contributed by atoms with Crippen LogP contribution in [-0.4, -0.2) is 13.1 Å². The number of rotatable bonds is 8. The molecule has 0 aliphatic rings. The minimum atomic E-state index is 0.936. The van der Waals surface area contributed by atoms with Gasteiger partial charge in [-0.3, -0.25) is 0 Å². The van der Waals surface area contributed by atoms with Crippen LogP contribution >= 0.6 is 0 Å². The number of furan rings is 2. The summed E-state index contributed by atoms with van der Waals surface area (Å²) in [6.07, 6.45) is 4.64. The van der Waals surface area contributed by atoms with Gasteiger partial charge in [0.05, 0.1) is 25.6 Å². The van der Waals surface area contributed by atoms with Crippen molar-refractivity contribution in [3.8, 4) is 0 Å². The molecule has 0 aliphatic carbocycles. The monoisotopic (exact) mass is 236 g/mol. The number of hydrogen-bond acceptors (Lipinski definition) is 2. The van der Waals surface area contributed by atoms with Crippen LogP contribution in [0.5, 0.6) is 0 Å². The highest BCUT2D eigenvalue weighted by molar-refractivity contribution is 4.95. The predicted octanol–water partition coefficient (Wildman–Crippen LogP) is 0.0897. The van der Waals surface area contributed by atoms with Crippen LogP contribution in [-0.2, 0) is 13.1 Å². The summed E-state index contributed by atoms with van der Waals surface area (Å²) in [5.41, 5.74) is 0. The van der Waals surface area contributed by atoms with Crippen LogP contribution in [0.3, 0.4) is 0 Å². The normalized spacial score (nSPS) is 10.8. The maximum atomic E-state index is 5.26. The lowest BCUT2D eigenvalue weighted by molar-refractivity contribution is -0.697. The van der Waals surface area contributed by atoms with E-state index < -0.39 is 0 Å². The van der Waals surface area contributed by atoms with Crippen molar-refractivity contribution in [1.82, 2.24) is 0 Å². The Kier molecular flexibility index (Phi) is 4.87. The molecule has 92 valence electrons. The minimum absolute atomic E-state index is 0.936. The zero-order chi connectivity index (χ0) is 11.8. The summed E-state index contributed by atoms with van der Waals surface area (Å²) >= 11 is 0. The molecule has 4 nitrogen and oxygen atoms in total. The van der Waals surface area contributed by atoms with Crippen LogP contribution in [0.15, 0.2) is 45.6 Å². The Hall–Kier alpha value is -1.52. The van der Waals surface area contributed by atoms with Gasteiger partial charge in [0.2, 0.25) is 0 Å². The van der Waals surface area contributed by atoms with Gasteiger partial charge in [-0.2, -0.15) is 0 Å². The van der Waals surface area contributed by atoms with E-state index in [4.69, 9.17) is 8.83 Å². The fourth-order valence-corrected chi connectivity index (χ4v) is 1.75. The number of nitrogens with two attached hydrogens (primary N) is 2. The van der Waals surface area contributed by atoms with Gasteiger partial charge in [-0.25, -0.2) is 0 Å². The molecule has 17 heavy (non-hydrogen) atoms. The Labute approximate surface area is 101 Å². The molecule has 0 saturated carbocycles. The maximum Gasteiger partial charge on any atom is 0.157 e. The summed E-state index contributed by atoms with van der Waals surface area (Å²) in [5.74, 6) is 2.09. The topological polar surface area (TPSA) is 59.5 Å². The van der Waals surface area contributed by atoms with Gasteiger partial charge in [-0.1, -0.05) is 0 Å². The molecule has 0 radical (unpaired) electrons. The summed E-state index contributed by atoms with van der Waals surface area (Å²) in [6.45, 7) is 4.14. The summed E-state index contributed by atoms with van der Waals surface area (Å²) in [4.78, 5) is 0. The number of hydrogen-bond donors (Lipinski definition) is 2. The molecule has 2 aromatic rings. The van der Waals surface area contributed by atoms with Gasteiger partial charge in [-0.15, -0.1) is 0 Å². The Morgan fingerprint density at radius 2 is 1.35 bits per heavy atom. The van der Waals surface area contributed by atoms with Crippen molar-refractivity contribution in [2.24, 2.45) is 0 Å². The molecule has 0 aliphatic heterocycles. The molecule has 4 N–H and O–H groups in total. The van der Waals surface area contributed by atoms with E-state index in [2.05, 4.69) is 10.6 Å². The highest BCUT2D eigenvalue weighted by Crippen LogP contribution is 1.96. The second-order valence-corrected chi connectivity index (χ2v) is 4.08. The minimum Gasteiger partial charge on any atom is -0.463 e. The van der Waals surface area contributed by atoms with Gasteiger partial charge in [-0.05, 0) is 24.3 Å². The Bertz CT molecular complexity index is 343. The van der Waals surface area contributed by atoms with Crippen molar-refractivity contribution in [3.63, 3.8) is 0 Å². The molecule has 0 amide bonds. The number of quaternary nitrogens is 2. The lowest BCUT2D eigenvalue weighted by Crippen LogP contribution is -2.86. The van der Waals surface area contributed by atoms with Crippen molar-refractivity contribution in [2.45, 2.75) is 19.5 Å². The van der Waals surface area contributed by atoms with Crippen LogP contribution in [0.4, 0.5) is 0 Å². The van der Waals surface area contributed by atoms with E-state index in [1.54, 1.807) is 12.5 Å². The third-order valence-corrected chi connectivity index (χ3v) is 2.67. The fourth-order valence-electron chi connectivity index (χ4n) is 1.75. The first kappa shape index (κ1) is 12.0. The molecule has 0 fully saturated rings. The van der Waals surface area contributed by atoms with Crippen molar-refractivity contribution >= 4 is 0 Å². The van der Waals surface area contributed by atoms with Crippen LogP contribution in [0.2, 0.25) is 0 Å². The van der Waals surface area contributed by atoms with Crippen LogP contribution in [0, 0.1) is 0 Å². The zero-order valence-electron chi connectivity index (χ0n) is 9.97. The molecule has 2 aromatic heterocycles. The Morgan fingerprint density at radius 1 is 0.824 bits per heavy atom. The summed E-state index contributed by atoms with van der Waals surface area (Å²) in [5, 5.41) is 4.55. The molecule has 4 heteroatoms. The molecule has 0 atom stereocenters. The van der Waals surface area contributed by atoms with E-state index in [0.717, 1.165) is 37.7 Å². The maximum absolute atomic E-state index is 5.26. The summed E-state index contributed by atoms with van der Waals surface area (Å²) < 4.78 is 10.5. The quantitative estimate of drug-likeness (QED) is 0.638. The molecular weight excluding hydrogens is 216 g/mol. The smallest absolute Gasteiger partial charge is 0.157 e. The Morgan fingerprint density at radius 3 is 1.76 bits per heavy atom. The molecular formula is C13H20N2O2+2. The molecule has 0 spiro atoms. The average Bonchev–Trinajstić information content (AvgIpc) is 3.00. The zero-order valence-corrected chi connectivity index (χ0v) is 9.97. The van der Waals surface area contributed by atoms with E-state index in [9.17, 15) is 0 Å². The highest BCUT2D eigenvalue weighted by Gasteiger charge is 2.00. The van der Waals surface area contributed by atoms with E-state index in [-0.39, 0.29) is 0 Å². The van der Waals surface area contributed by atoms with Crippen molar-refractivity contribution < 1.29 is 19.5 Å². The van der Waals surface area contributed by atoms with Gasteiger partial charge in [0.15, 0.2) is 11.5 Å². The van der Waals surface area contributed by atoms with Crippen molar-refractivity contribution in [3.05, 3.63) is 48.3 Å². The summed E-state index contributed by atoms with van der Waals surface area (Å²) in [6, 6.07) is 7.89. The second kappa shape index (κ2) is 6.93. The third-order valence-electron chi connectivity index (χ3n) is 2.67. The fraction of sp³-hybridized carbons (Fsp3) is 0.385. The highest BCUT2D eigenvalue weighted by atomic mass is 16.3. The van der Waals surface area contributed by atoms with Gasteiger partial charge in [0.25, 0.3) is 0 Å². The van der Waals surface area contributed by atoms with E-state index in [1.807, 2.05) is 24.3 Å². The average molecular weight is 236 g/mol. The molecule has 0 unspecified atom stereocenters. The van der Waals surface area contributed by atoms with Gasteiger partial charge >= 0.3 is 0 Å². The van der Waals surface area contributed by atoms with Crippen LogP contribution < -0.4 is 10.6 Å². The van der Waals surface area contributed by atoms with Crippen molar-refractivity contribution in [2.75, 3.05) is 13.1 Å². The van der Waals surface area contributed by atoms with Crippen LogP contribution in [0.1, 0.15) is 17.9 Å².